The van der Waals surface area contributed by atoms with Gasteiger partial charge in [-0.15, -0.1) is 6.58 Å². The maximum Gasteiger partial charge on any atom is 0.0755 e. The van der Waals surface area contributed by atoms with E-state index in [2.05, 4.69) is 41.2 Å². The Balaban J connectivity index is 4.87. The minimum Gasteiger partial charge on any atom is -0.389 e. The van der Waals surface area contributed by atoms with Crippen LogP contribution in [0.3, 0.4) is 0 Å². The van der Waals surface area contributed by atoms with Gasteiger partial charge in [0.15, 0.2) is 0 Å². The number of hydrogen-bond donors (Lipinski definition) is 1. The van der Waals surface area contributed by atoms with E-state index >= 15 is 0 Å². The smallest absolute Gasteiger partial charge is 0.0755 e. The van der Waals surface area contributed by atoms with Crippen molar-refractivity contribution in [1.82, 2.24) is 0 Å². The molecule has 0 aromatic heterocycles. The predicted molar refractivity (Wildman–Crippen MR) is 58.7 cm³/mol. The highest BCUT2D eigenvalue weighted by atomic mass is 16.3. The third-order valence-corrected chi connectivity index (χ3v) is 3.47. The molecule has 0 fully saturated rings. The summed E-state index contributed by atoms with van der Waals surface area (Å²) in [6, 6.07) is 0. The fourth-order valence-electron chi connectivity index (χ4n) is 1.82. The van der Waals surface area contributed by atoms with E-state index in [1.807, 2.05) is 6.08 Å². The van der Waals surface area contributed by atoms with Crippen LogP contribution in [0.25, 0.3) is 0 Å². The molecule has 13 heavy (non-hydrogen) atoms. The third kappa shape index (κ3) is 2.34. The summed E-state index contributed by atoms with van der Waals surface area (Å²) in [5.74, 6) is 0.264. The SMILES string of the molecule is C=CC[C@](O)(C(C)C)C(C)(C)CC. The van der Waals surface area contributed by atoms with Crippen molar-refractivity contribution in [3.63, 3.8) is 0 Å². The second kappa shape index (κ2) is 4.28. The minimum absolute atomic E-state index is 0.0463. The van der Waals surface area contributed by atoms with Crippen LogP contribution in [0.1, 0.15) is 47.5 Å². The average molecular weight is 184 g/mol. The van der Waals surface area contributed by atoms with Crippen LogP contribution in [-0.2, 0) is 0 Å². The molecule has 0 bridgehead atoms. The summed E-state index contributed by atoms with van der Waals surface area (Å²) in [5.41, 5.74) is -0.668. The Hall–Kier alpha value is -0.300. The molecule has 0 aliphatic rings. The molecule has 0 aromatic rings. The highest BCUT2D eigenvalue weighted by molar-refractivity contribution is 4.98. The van der Waals surface area contributed by atoms with Gasteiger partial charge in [-0.2, -0.15) is 0 Å². The Bertz CT molecular complexity index is 170. The Kier molecular flexibility index (Phi) is 4.18. The zero-order chi connectivity index (χ0) is 10.7. The van der Waals surface area contributed by atoms with Crippen LogP contribution < -0.4 is 0 Å². The fraction of sp³-hybridized carbons (Fsp3) is 0.833. The lowest BCUT2D eigenvalue weighted by molar-refractivity contribution is -0.102. The van der Waals surface area contributed by atoms with E-state index < -0.39 is 5.60 Å². The van der Waals surface area contributed by atoms with Crippen molar-refractivity contribution in [2.24, 2.45) is 11.3 Å². The highest BCUT2D eigenvalue weighted by Crippen LogP contribution is 2.42. The topological polar surface area (TPSA) is 20.2 Å². The van der Waals surface area contributed by atoms with E-state index in [9.17, 15) is 5.11 Å². The van der Waals surface area contributed by atoms with Crippen LogP contribution in [0.2, 0.25) is 0 Å². The second-order valence-electron chi connectivity index (χ2n) is 4.81. The van der Waals surface area contributed by atoms with Crippen LogP contribution in [0.15, 0.2) is 12.7 Å². The standard InChI is InChI=1S/C12H24O/c1-7-9-12(13,10(3)4)11(5,6)8-2/h7,10,13H,1,8-9H2,2-6H3/t12-/m0/s1. The highest BCUT2D eigenvalue weighted by Gasteiger charge is 2.43. The van der Waals surface area contributed by atoms with Gasteiger partial charge in [0, 0.05) is 0 Å². The molecule has 1 nitrogen and oxygen atoms in total. The lowest BCUT2D eigenvalue weighted by Gasteiger charge is -2.45. The maximum absolute atomic E-state index is 10.5. The summed E-state index contributed by atoms with van der Waals surface area (Å²) in [5, 5.41) is 10.5. The number of rotatable bonds is 5. The predicted octanol–water partition coefficient (Wildman–Crippen LogP) is 3.39. The third-order valence-electron chi connectivity index (χ3n) is 3.47. The molecule has 0 saturated heterocycles. The van der Waals surface area contributed by atoms with E-state index in [0.717, 1.165) is 6.42 Å². The number of aliphatic hydroxyl groups is 1. The van der Waals surface area contributed by atoms with Gasteiger partial charge < -0.3 is 5.11 Å². The lowest BCUT2D eigenvalue weighted by Crippen LogP contribution is -2.48. The van der Waals surface area contributed by atoms with Crippen molar-refractivity contribution in [3.05, 3.63) is 12.7 Å². The fourth-order valence-corrected chi connectivity index (χ4v) is 1.82. The van der Waals surface area contributed by atoms with E-state index in [-0.39, 0.29) is 11.3 Å². The van der Waals surface area contributed by atoms with Crippen molar-refractivity contribution >= 4 is 0 Å². The first-order valence-electron chi connectivity index (χ1n) is 5.15. The molecule has 78 valence electrons. The van der Waals surface area contributed by atoms with Crippen molar-refractivity contribution in [1.29, 1.82) is 0 Å². The number of hydrogen-bond acceptors (Lipinski definition) is 1. The quantitative estimate of drug-likeness (QED) is 0.649. The Labute approximate surface area is 82.9 Å². The summed E-state index contributed by atoms with van der Waals surface area (Å²) in [6.07, 6.45) is 3.47. The Morgan fingerprint density at radius 3 is 2.08 bits per heavy atom. The van der Waals surface area contributed by atoms with Crippen molar-refractivity contribution < 1.29 is 5.11 Å². The summed E-state index contributed by atoms with van der Waals surface area (Å²) < 4.78 is 0. The van der Waals surface area contributed by atoms with Crippen molar-refractivity contribution in [3.8, 4) is 0 Å². The normalized spacial score (nSPS) is 17.2. The maximum atomic E-state index is 10.5. The molecule has 0 radical (unpaired) electrons. The van der Waals surface area contributed by atoms with Crippen LogP contribution in [0, 0.1) is 11.3 Å². The van der Waals surface area contributed by atoms with Gasteiger partial charge in [0.05, 0.1) is 5.60 Å². The molecule has 0 unspecified atom stereocenters. The summed E-state index contributed by atoms with van der Waals surface area (Å²) >= 11 is 0. The van der Waals surface area contributed by atoms with E-state index in [0.29, 0.717) is 6.42 Å². The Morgan fingerprint density at radius 1 is 1.38 bits per heavy atom. The first-order chi connectivity index (χ1) is 5.81. The van der Waals surface area contributed by atoms with Gasteiger partial charge in [-0.1, -0.05) is 40.7 Å². The largest absolute Gasteiger partial charge is 0.389 e. The summed E-state index contributed by atoms with van der Waals surface area (Å²) in [6.45, 7) is 14.2. The molecular formula is C12H24O. The zero-order valence-corrected chi connectivity index (χ0v) is 9.72. The summed E-state index contributed by atoms with van der Waals surface area (Å²) in [4.78, 5) is 0. The zero-order valence-electron chi connectivity index (χ0n) is 9.72. The van der Waals surface area contributed by atoms with Gasteiger partial charge >= 0.3 is 0 Å². The van der Waals surface area contributed by atoms with E-state index in [1.165, 1.54) is 0 Å². The molecule has 0 aromatic carbocycles. The second-order valence-corrected chi connectivity index (χ2v) is 4.81. The van der Waals surface area contributed by atoms with Gasteiger partial charge in [-0.3, -0.25) is 0 Å². The molecule has 0 saturated carbocycles. The minimum atomic E-state index is -0.622. The molecule has 0 heterocycles. The van der Waals surface area contributed by atoms with Crippen LogP contribution >= 0.6 is 0 Å². The van der Waals surface area contributed by atoms with Gasteiger partial charge in [-0.25, -0.2) is 0 Å². The van der Waals surface area contributed by atoms with Crippen molar-refractivity contribution in [2.45, 2.75) is 53.1 Å². The first-order valence-corrected chi connectivity index (χ1v) is 5.15. The molecule has 1 heteroatoms. The van der Waals surface area contributed by atoms with Gasteiger partial charge in [0.2, 0.25) is 0 Å². The van der Waals surface area contributed by atoms with Crippen LogP contribution in [-0.4, -0.2) is 10.7 Å². The molecule has 0 aliphatic heterocycles. The van der Waals surface area contributed by atoms with E-state index in [4.69, 9.17) is 0 Å². The van der Waals surface area contributed by atoms with E-state index in [1.54, 1.807) is 0 Å². The van der Waals surface area contributed by atoms with Crippen LogP contribution in [0.4, 0.5) is 0 Å². The summed E-state index contributed by atoms with van der Waals surface area (Å²) in [7, 11) is 0. The Morgan fingerprint density at radius 2 is 1.85 bits per heavy atom. The van der Waals surface area contributed by atoms with Gasteiger partial charge in [0.1, 0.15) is 0 Å². The molecule has 0 aliphatic carbocycles. The molecule has 1 N–H and O–H groups in total. The van der Waals surface area contributed by atoms with Gasteiger partial charge in [-0.05, 0) is 24.2 Å². The lowest BCUT2D eigenvalue weighted by atomic mass is 9.66. The molecule has 0 rings (SSSR count). The molecule has 0 amide bonds. The first kappa shape index (κ1) is 12.7. The average Bonchev–Trinajstić information content (AvgIpc) is 2.04. The molecule has 1 atom stereocenters. The molecule has 0 spiro atoms. The molecular weight excluding hydrogens is 160 g/mol. The van der Waals surface area contributed by atoms with Gasteiger partial charge in [0.25, 0.3) is 0 Å². The van der Waals surface area contributed by atoms with Crippen LogP contribution in [0.5, 0.6) is 0 Å². The van der Waals surface area contributed by atoms with Crippen molar-refractivity contribution in [2.75, 3.05) is 0 Å². The monoisotopic (exact) mass is 184 g/mol.